The molecule has 1 spiro atoms. The van der Waals surface area contributed by atoms with E-state index in [9.17, 15) is 17.6 Å². The number of nitrogens with zero attached hydrogens (tertiary/aromatic N) is 2. The van der Waals surface area contributed by atoms with E-state index in [1.54, 1.807) is 29.3 Å². The van der Waals surface area contributed by atoms with Crippen molar-refractivity contribution in [3.63, 3.8) is 0 Å². The van der Waals surface area contributed by atoms with Crippen LogP contribution in [0.2, 0.25) is 5.02 Å². The molecule has 6 rings (SSSR count). The minimum absolute atomic E-state index is 0.0456. The first kappa shape index (κ1) is 29.1. The average molecular weight is 621 g/mol. The first-order valence-electron chi connectivity index (χ1n) is 14.1. The fraction of sp³-hybridized carbons (Fsp3) is 0.273. The Labute approximate surface area is 255 Å². The lowest BCUT2D eigenvalue weighted by atomic mass is 9.82. The second-order valence-electron chi connectivity index (χ2n) is 11.1. The lowest BCUT2D eigenvalue weighted by Gasteiger charge is -2.44. The van der Waals surface area contributed by atoms with E-state index in [0.717, 1.165) is 40.8 Å². The van der Waals surface area contributed by atoms with E-state index in [1.165, 1.54) is 18.2 Å². The molecule has 0 aliphatic carbocycles. The number of benzene rings is 3. The summed E-state index contributed by atoms with van der Waals surface area (Å²) in [6, 6.07) is 23.1. The number of carbonyl (C=O) groups excluding carboxylic acids is 1. The molecule has 0 saturated carbocycles. The number of carbonyl (C=O) groups is 1. The number of rotatable bonds is 6. The number of likely N-dealkylation sites (tertiary alicyclic amines) is 1. The van der Waals surface area contributed by atoms with Crippen LogP contribution in [-0.2, 0) is 27.8 Å². The maximum Gasteiger partial charge on any atom is 0.415 e. The van der Waals surface area contributed by atoms with Gasteiger partial charge in [0.2, 0.25) is 0 Å². The van der Waals surface area contributed by atoms with Crippen LogP contribution in [0.25, 0.3) is 11.1 Å². The standard InChI is InChI=1S/C33H30ClFN2O5S/c34-28-5-3-6-29(35)31(28)41-32(38)37-18-15-33(16-19-37)14-13-26-20-25(11-12-30(26)42-33)24-9-7-23(8-10-24)21-43(39,40)22-27-4-1-2-17-36-27/h1-12,17,20H,13-16,18-19,21-22H2. The van der Waals surface area contributed by atoms with Crippen molar-refractivity contribution in [2.75, 3.05) is 13.1 Å². The summed E-state index contributed by atoms with van der Waals surface area (Å²) in [5, 5.41) is 0.0499. The zero-order valence-corrected chi connectivity index (χ0v) is 24.9. The molecule has 0 unspecified atom stereocenters. The number of pyridine rings is 1. The molecule has 0 radical (unpaired) electrons. The second-order valence-corrected chi connectivity index (χ2v) is 13.5. The van der Waals surface area contributed by atoms with Crippen LogP contribution in [0.15, 0.2) is 85.1 Å². The topological polar surface area (TPSA) is 85.8 Å². The number of halogens is 2. The fourth-order valence-corrected chi connectivity index (χ4v) is 7.31. The molecule has 1 amide bonds. The van der Waals surface area contributed by atoms with Gasteiger partial charge in [0, 0.05) is 32.1 Å². The number of amides is 1. The molecular weight excluding hydrogens is 591 g/mol. The van der Waals surface area contributed by atoms with E-state index in [-0.39, 0.29) is 27.9 Å². The number of piperidine rings is 1. The molecule has 1 saturated heterocycles. The summed E-state index contributed by atoms with van der Waals surface area (Å²) in [6.45, 7) is 0.866. The van der Waals surface area contributed by atoms with Crippen LogP contribution in [-0.4, -0.2) is 43.1 Å². The lowest BCUT2D eigenvalue weighted by Crippen LogP contribution is -2.51. The highest BCUT2D eigenvalue weighted by Crippen LogP contribution is 2.41. The Morgan fingerprint density at radius 1 is 0.953 bits per heavy atom. The molecule has 10 heteroatoms. The average Bonchev–Trinajstić information content (AvgIpc) is 2.99. The zero-order valence-electron chi connectivity index (χ0n) is 23.3. The molecule has 3 aromatic carbocycles. The number of fused-ring (bicyclic) bond motifs is 1. The van der Waals surface area contributed by atoms with Gasteiger partial charge < -0.3 is 14.4 Å². The molecule has 43 heavy (non-hydrogen) atoms. The Morgan fingerprint density at radius 3 is 2.44 bits per heavy atom. The van der Waals surface area contributed by atoms with Gasteiger partial charge in [0.15, 0.2) is 21.4 Å². The highest BCUT2D eigenvalue weighted by atomic mass is 35.5. The van der Waals surface area contributed by atoms with Crippen LogP contribution >= 0.6 is 11.6 Å². The summed E-state index contributed by atoms with van der Waals surface area (Å²) >= 11 is 6.00. The molecular formula is C33H30ClFN2O5S. The van der Waals surface area contributed by atoms with Crippen molar-refractivity contribution in [2.24, 2.45) is 0 Å². The summed E-state index contributed by atoms with van der Waals surface area (Å²) in [7, 11) is -3.35. The second kappa shape index (κ2) is 12.0. The molecule has 1 aromatic heterocycles. The van der Waals surface area contributed by atoms with Gasteiger partial charge in [-0.2, -0.15) is 0 Å². The lowest BCUT2D eigenvalue weighted by molar-refractivity contribution is -0.00959. The predicted octanol–water partition coefficient (Wildman–Crippen LogP) is 7.01. The quantitative estimate of drug-likeness (QED) is 0.230. The van der Waals surface area contributed by atoms with Gasteiger partial charge in [-0.25, -0.2) is 17.6 Å². The summed E-state index contributed by atoms with van der Waals surface area (Å²) in [5.74, 6) is -0.237. The van der Waals surface area contributed by atoms with Gasteiger partial charge >= 0.3 is 6.09 Å². The molecule has 0 bridgehead atoms. The Kier molecular flexibility index (Phi) is 8.11. The fourth-order valence-electron chi connectivity index (χ4n) is 5.69. The third-order valence-corrected chi connectivity index (χ3v) is 9.85. The van der Waals surface area contributed by atoms with Gasteiger partial charge in [-0.15, -0.1) is 0 Å². The van der Waals surface area contributed by atoms with Crippen LogP contribution in [0.1, 0.15) is 36.1 Å². The largest absolute Gasteiger partial charge is 0.487 e. The van der Waals surface area contributed by atoms with Gasteiger partial charge in [0.05, 0.1) is 22.2 Å². The Bertz CT molecular complexity index is 1720. The minimum Gasteiger partial charge on any atom is -0.487 e. The van der Waals surface area contributed by atoms with Crippen molar-refractivity contribution < 1.29 is 27.1 Å². The normalized spacial score (nSPS) is 15.9. The zero-order chi connectivity index (χ0) is 30.0. The molecule has 2 aliphatic rings. The molecule has 3 heterocycles. The minimum atomic E-state index is -3.35. The summed E-state index contributed by atoms with van der Waals surface area (Å²) < 4.78 is 51.2. The van der Waals surface area contributed by atoms with Crippen molar-refractivity contribution >= 4 is 27.5 Å². The molecule has 4 aromatic rings. The molecule has 0 N–H and O–H groups in total. The number of para-hydroxylation sites is 1. The van der Waals surface area contributed by atoms with Crippen LogP contribution in [0.3, 0.4) is 0 Å². The van der Waals surface area contributed by atoms with Crippen molar-refractivity contribution in [1.29, 1.82) is 0 Å². The van der Waals surface area contributed by atoms with Crippen molar-refractivity contribution in [1.82, 2.24) is 9.88 Å². The maximum absolute atomic E-state index is 14.1. The van der Waals surface area contributed by atoms with Crippen LogP contribution in [0.4, 0.5) is 9.18 Å². The van der Waals surface area contributed by atoms with Crippen molar-refractivity contribution in [3.8, 4) is 22.6 Å². The van der Waals surface area contributed by atoms with Crippen molar-refractivity contribution in [2.45, 2.75) is 42.8 Å². The number of hydrogen-bond acceptors (Lipinski definition) is 6. The SMILES string of the molecule is O=C(Oc1c(F)cccc1Cl)N1CCC2(CCc3cc(-c4ccc(CS(=O)(=O)Cc5ccccn5)cc4)ccc3O2)CC1. The maximum atomic E-state index is 14.1. The first-order chi connectivity index (χ1) is 20.7. The van der Waals surface area contributed by atoms with E-state index >= 15 is 0 Å². The van der Waals surface area contributed by atoms with E-state index in [4.69, 9.17) is 21.1 Å². The van der Waals surface area contributed by atoms with Crippen LogP contribution in [0, 0.1) is 5.82 Å². The smallest absolute Gasteiger partial charge is 0.415 e. The molecule has 2 aliphatic heterocycles. The van der Waals surface area contributed by atoms with Gasteiger partial charge in [0.1, 0.15) is 11.4 Å². The number of hydrogen-bond donors (Lipinski definition) is 0. The third kappa shape index (κ3) is 6.68. The first-order valence-corrected chi connectivity index (χ1v) is 16.3. The number of aryl methyl sites for hydroxylation is 1. The summed E-state index contributed by atoms with van der Waals surface area (Å²) in [4.78, 5) is 18.4. The van der Waals surface area contributed by atoms with Crippen LogP contribution < -0.4 is 9.47 Å². The molecule has 7 nitrogen and oxygen atoms in total. The number of aromatic nitrogens is 1. The molecule has 222 valence electrons. The number of ether oxygens (including phenoxy) is 2. The van der Waals surface area contributed by atoms with E-state index < -0.39 is 21.7 Å². The predicted molar refractivity (Wildman–Crippen MR) is 162 cm³/mol. The van der Waals surface area contributed by atoms with Crippen molar-refractivity contribution in [3.05, 3.63) is 113 Å². The van der Waals surface area contributed by atoms with E-state index in [0.29, 0.717) is 31.6 Å². The van der Waals surface area contributed by atoms with Gasteiger partial charge in [0.25, 0.3) is 0 Å². The molecule has 1 fully saturated rings. The van der Waals surface area contributed by atoms with Crippen LogP contribution in [0.5, 0.6) is 11.5 Å². The van der Waals surface area contributed by atoms with Gasteiger partial charge in [-0.3, -0.25) is 4.98 Å². The summed E-state index contributed by atoms with van der Waals surface area (Å²) in [5.41, 5.74) is 4.04. The van der Waals surface area contributed by atoms with Gasteiger partial charge in [-0.1, -0.05) is 54.1 Å². The Morgan fingerprint density at radius 2 is 1.72 bits per heavy atom. The molecule has 0 atom stereocenters. The monoisotopic (exact) mass is 620 g/mol. The summed E-state index contributed by atoms with van der Waals surface area (Å²) in [6.07, 6.45) is 3.90. The number of sulfone groups is 1. The van der Waals surface area contributed by atoms with E-state index in [1.807, 2.05) is 36.4 Å². The third-order valence-electron chi connectivity index (χ3n) is 8.05. The Hall–Kier alpha value is -3.95. The van der Waals surface area contributed by atoms with E-state index in [2.05, 4.69) is 11.1 Å². The van der Waals surface area contributed by atoms with Gasteiger partial charge in [-0.05, 0) is 71.5 Å². The highest BCUT2D eigenvalue weighted by Gasteiger charge is 2.41. The Balaban J connectivity index is 1.06. The highest BCUT2D eigenvalue weighted by molar-refractivity contribution is 7.89.